The Hall–Kier alpha value is -1.36. The smallest absolute Gasteiger partial charge is 0.104 e. The summed E-state index contributed by atoms with van der Waals surface area (Å²) in [6.07, 6.45) is 1.89. The van der Waals surface area contributed by atoms with Gasteiger partial charge < -0.3 is 0 Å². The lowest BCUT2D eigenvalue weighted by Gasteiger charge is -2.01. The molecule has 0 bridgehead atoms. The molecule has 16 heavy (non-hydrogen) atoms. The number of aryl methyl sites for hydroxylation is 2. The largest absolute Gasteiger partial charge is 0.263 e. The quantitative estimate of drug-likeness (QED) is 0.761. The third-order valence-corrected chi connectivity index (χ3v) is 2.89. The molecule has 0 saturated heterocycles. The molecule has 0 fully saturated rings. The lowest BCUT2D eigenvalue weighted by molar-refractivity contribution is 0.643. The zero-order valence-electron chi connectivity index (χ0n) is 9.61. The van der Waals surface area contributed by atoms with Crippen molar-refractivity contribution >= 4 is 11.6 Å². The van der Waals surface area contributed by atoms with Gasteiger partial charge in [-0.25, -0.2) is 0 Å². The molecule has 6 heteroatoms. The highest BCUT2D eigenvalue weighted by Gasteiger charge is 2.11. The van der Waals surface area contributed by atoms with E-state index < -0.39 is 0 Å². The number of rotatable bonds is 3. The number of hydrogen-bond donors (Lipinski definition) is 0. The fourth-order valence-electron chi connectivity index (χ4n) is 1.70. The molecule has 0 aliphatic heterocycles. The van der Waals surface area contributed by atoms with Crippen molar-refractivity contribution < 1.29 is 0 Å². The van der Waals surface area contributed by atoms with E-state index in [1.807, 2.05) is 31.8 Å². The van der Waals surface area contributed by atoms with E-state index in [4.69, 9.17) is 11.6 Å². The van der Waals surface area contributed by atoms with Crippen LogP contribution in [-0.4, -0.2) is 24.8 Å². The average Bonchev–Trinajstić information content (AvgIpc) is 2.74. The topological polar surface area (TPSA) is 48.5 Å². The summed E-state index contributed by atoms with van der Waals surface area (Å²) in [5.74, 6) is 0.498. The minimum Gasteiger partial charge on any atom is -0.263 e. The molecule has 0 aliphatic carbocycles. The second kappa shape index (κ2) is 4.25. The highest BCUT2D eigenvalue weighted by atomic mass is 35.5. The van der Waals surface area contributed by atoms with E-state index in [9.17, 15) is 0 Å². The molecule has 0 saturated carbocycles. The molecule has 0 N–H and O–H groups in total. The number of hydrogen-bond acceptors (Lipinski definition) is 3. The van der Waals surface area contributed by atoms with Gasteiger partial charge in [0, 0.05) is 24.5 Å². The van der Waals surface area contributed by atoms with Crippen molar-refractivity contribution in [2.24, 2.45) is 7.05 Å². The number of nitrogens with zero attached hydrogens (tertiary/aromatic N) is 5. The van der Waals surface area contributed by atoms with Crippen LogP contribution >= 0.6 is 11.6 Å². The van der Waals surface area contributed by atoms with Gasteiger partial charge in [-0.1, -0.05) is 5.21 Å². The molecular weight excluding hydrogens is 226 g/mol. The Bertz CT molecular complexity index is 499. The first-order valence-corrected chi connectivity index (χ1v) is 5.59. The fraction of sp³-hybridized carbons (Fsp3) is 0.500. The molecule has 5 nitrogen and oxygen atoms in total. The summed E-state index contributed by atoms with van der Waals surface area (Å²) in [5, 5.41) is 12.4. The van der Waals surface area contributed by atoms with Gasteiger partial charge in [-0.2, -0.15) is 5.10 Å². The molecular formula is C10H14ClN5. The summed E-state index contributed by atoms with van der Waals surface area (Å²) in [6, 6.07) is 0. The standard InChI is InChI=1S/C10H14ClN5/c1-7-10(4-11)8(2)16(13-7)6-9-5-15(3)14-12-9/h5H,4,6H2,1-3H3. The van der Waals surface area contributed by atoms with Crippen molar-refractivity contribution in [2.75, 3.05) is 0 Å². The lowest BCUT2D eigenvalue weighted by Crippen LogP contribution is -2.04. The number of alkyl halides is 1. The van der Waals surface area contributed by atoms with Gasteiger partial charge in [-0.15, -0.1) is 16.7 Å². The zero-order chi connectivity index (χ0) is 11.7. The predicted octanol–water partition coefficient (Wildman–Crippen LogP) is 1.42. The van der Waals surface area contributed by atoms with E-state index in [-0.39, 0.29) is 0 Å². The lowest BCUT2D eigenvalue weighted by atomic mass is 10.2. The van der Waals surface area contributed by atoms with E-state index in [0.717, 1.165) is 22.6 Å². The van der Waals surface area contributed by atoms with Crippen LogP contribution in [0.4, 0.5) is 0 Å². The second-order valence-electron chi connectivity index (χ2n) is 3.82. The molecule has 86 valence electrons. The van der Waals surface area contributed by atoms with Gasteiger partial charge in [0.05, 0.1) is 18.1 Å². The highest BCUT2D eigenvalue weighted by Crippen LogP contribution is 2.15. The van der Waals surface area contributed by atoms with E-state index >= 15 is 0 Å². The molecule has 2 aromatic rings. The molecule has 0 aromatic carbocycles. The predicted molar refractivity (Wildman–Crippen MR) is 61.4 cm³/mol. The average molecular weight is 240 g/mol. The Balaban J connectivity index is 2.28. The van der Waals surface area contributed by atoms with Crippen molar-refractivity contribution in [1.82, 2.24) is 24.8 Å². The zero-order valence-corrected chi connectivity index (χ0v) is 10.4. The minimum atomic E-state index is 0.498. The molecule has 2 rings (SSSR count). The Morgan fingerprint density at radius 1 is 1.38 bits per heavy atom. The second-order valence-corrected chi connectivity index (χ2v) is 4.09. The maximum absolute atomic E-state index is 5.87. The minimum absolute atomic E-state index is 0.498. The van der Waals surface area contributed by atoms with Gasteiger partial charge in [-0.05, 0) is 13.8 Å². The third kappa shape index (κ3) is 1.95. The van der Waals surface area contributed by atoms with Crippen molar-refractivity contribution in [2.45, 2.75) is 26.3 Å². The molecule has 0 spiro atoms. The van der Waals surface area contributed by atoms with Gasteiger partial charge in [0.25, 0.3) is 0 Å². The molecule has 0 radical (unpaired) electrons. The summed E-state index contributed by atoms with van der Waals surface area (Å²) in [7, 11) is 1.85. The molecule has 2 heterocycles. The van der Waals surface area contributed by atoms with Crippen molar-refractivity contribution in [3.05, 3.63) is 28.8 Å². The normalized spacial score (nSPS) is 11.0. The fourth-order valence-corrected chi connectivity index (χ4v) is 2.09. The van der Waals surface area contributed by atoms with Gasteiger partial charge in [0.2, 0.25) is 0 Å². The van der Waals surface area contributed by atoms with Crippen LogP contribution in [0.25, 0.3) is 0 Å². The first kappa shape index (κ1) is 11.1. The monoisotopic (exact) mass is 239 g/mol. The molecule has 0 aliphatic rings. The van der Waals surface area contributed by atoms with Crippen molar-refractivity contribution in [3.8, 4) is 0 Å². The van der Waals surface area contributed by atoms with Crippen LogP contribution in [-0.2, 0) is 19.5 Å². The molecule has 0 amide bonds. The van der Waals surface area contributed by atoms with Crippen LogP contribution < -0.4 is 0 Å². The summed E-state index contributed by atoms with van der Waals surface area (Å²) in [4.78, 5) is 0. The Labute approximate surface area is 99.0 Å². The van der Waals surface area contributed by atoms with Crippen LogP contribution in [0, 0.1) is 13.8 Å². The summed E-state index contributed by atoms with van der Waals surface area (Å²) in [6.45, 7) is 4.63. The Kier molecular flexibility index (Phi) is 2.96. The summed E-state index contributed by atoms with van der Waals surface area (Å²) >= 11 is 5.87. The Morgan fingerprint density at radius 2 is 2.12 bits per heavy atom. The van der Waals surface area contributed by atoms with Gasteiger partial charge in [-0.3, -0.25) is 9.36 Å². The van der Waals surface area contributed by atoms with Crippen LogP contribution in [0.1, 0.15) is 22.6 Å². The van der Waals surface area contributed by atoms with Gasteiger partial charge in [0.1, 0.15) is 5.69 Å². The van der Waals surface area contributed by atoms with Gasteiger partial charge in [0.15, 0.2) is 0 Å². The van der Waals surface area contributed by atoms with Crippen LogP contribution in [0.2, 0.25) is 0 Å². The van der Waals surface area contributed by atoms with E-state index in [1.54, 1.807) is 4.68 Å². The maximum atomic E-state index is 5.87. The van der Waals surface area contributed by atoms with Crippen molar-refractivity contribution in [1.29, 1.82) is 0 Å². The van der Waals surface area contributed by atoms with E-state index in [2.05, 4.69) is 15.4 Å². The highest BCUT2D eigenvalue weighted by molar-refractivity contribution is 6.17. The molecule has 0 unspecified atom stereocenters. The van der Waals surface area contributed by atoms with Gasteiger partial charge >= 0.3 is 0 Å². The summed E-state index contributed by atoms with van der Waals surface area (Å²) < 4.78 is 3.60. The third-order valence-electron chi connectivity index (χ3n) is 2.63. The van der Waals surface area contributed by atoms with Crippen LogP contribution in [0.5, 0.6) is 0 Å². The summed E-state index contributed by atoms with van der Waals surface area (Å²) in [5.41, 5.74) is 4.08. The van der Waals surface area contributed by atoms with Crippen LogP contribution in [0.3, 0.4) is 0 Å². The van der Waals surface area contributed by atoms with E-state index in [0.29, 0.717) is 12.4 Å². The van der Waals surface area contributed by atoms with E-state index in [1.165, 1.54) is 0 Å². The first-order valence-electron chi connectivity index (χ1n) is 5.06. The first-order chi connectivity index (χ1) is 7.61. The number of aromatic nitrogens is 5. The molecule has 0 atom stereocenters. The molecule has 2 aromatic heterocycles. The number of halogens is 1. The SMILES string of the molecule is Cc1nn(Cc2cn(C)nn2)c(C)c1CCl. The van der Waals surface area contributed by atoms with Crippen molar-refractivity contribution in [3.63, 3.8) is 0 Å². The Morgan fingerprint density at radius 3 is 2.62 bits per heavy atom. The van der Waals surface area contributed by atoms with Crippen LogP contribution in [0.15, 0.2) is 6.20 Å². The maximum Gasteiger partial charge on any atom is 0.104 e.